The Kier molecular flexibility index (Phi) is 5.46. The highest BCUT2D eigenvalue weighted by atomic mass is 19.1. The van der Waals surface area contributed by atoms with Gasteiger partial charge in [0.25, 0.3) is 0 Å². The molecule has 1 atom stereocenters. The summed E-state index contributed by atoms with van der Waals surface area (Å²) >= 11 is 0. The number of nitrogens with one attached hydrogen (secondary N) is 1. The summed E-state index contributed by atoms with van der Waals surface area (Å²) in [4.78, 5) is 10.5. The minimum absolute atomic E-state index is 0.321. The lowest BCUT2D eigenvalue weighted by molar-refractivity contribution is 0.0270. The summed E-state index contributed by atoms with van der Waals surface area (Å²) in [7, 11) is 1.50. The van der Waals surface area contributed by atoms with E-state index in [0.29, 0.717) is 13.2 Å². The second-order valence-electron chi connectivity index (χ2n) is 1.87. The molecule has 0 aromatic carbocycles. The smallest absolute Gasteiger partial charge is 0.409 e. The van der Waals surface area contributed by atoms with Crippen LogP contribution in [0.4, 0.5) is 9.18 Å². The molecule has 0 saturated carbocycles. The van der Waals surface area contributed by atoms with Crippen molar-refractivity contribution < 1.29 is 18.7 Å². The predicted molar refractivity (Wildman–Crippen MR) is 36.9 cm³/mol. The molecule has 0 aromatic rings. The summed E-state index contributed by atoms with van der Waals surface area (Å²) in [6.45, 7) is 1.84. The molecule has 0 aliphatic carbocycles. The Balaban J connectivity index is 3.23. The van der Waals surface area contributed by atoms with Crippen molar-refractivity contribution in [1.29, 1.82) is 0 Å². The fraction of sp³-hybridized carbons (Fsp3) is 0.833. The summed E-state index contributed by atoms with van der Waals surface area (Å²) in [6.07, 6.45) is -2.34. The van der Waals surface area contributed by atoms with Gasteiger partial charge in [0.1, 0.15) is 0 Å². The number of amides is 1. The molecule has 4 nitrogen and oxygen atoms in total. The van der Waals surface area contributed by atoms with Crippen molar-refractivity contribution >= 4 is 6.09 Å². The molecule has 0 saturated heterocycles. The first-order chi connectivity index (χ1) is 5.16. The van der Waals surface area contributed by atoms with Crippen molar-refractivity contribution in [3.63, 3.8) is 0 Å². The van der Waals surface area contributed by atoms with Crippen LogP contribution in [0.5, 0.6) is 0 Å². The van der Waals surface area contributed by atoms with Crippen molar-refractivity contribution in [3.8, 4) is 0 Å². The zero-order valence-corrected chi connectivity index (χ0v) is 6.59. The van der Waals surface area contributed by atoms with Crippen LogP contribution in [0.25, 0.3) is 0 Å². The van der Waals surface area contributed by atoms with Gasteiger partial charge in [0.15, 0.2) is 0 Å². The van der Waals surface area contributed by atoms with Crippen LogP contribution >= 0.6 is 0 Å². The van der Waals surface area contributed by atoms with Gasteiger partial charge in [0.2, 0.25) is 6.36 Å². The molecular formula is C6H12FNO3. The molecule has 0 bridgehead atoms. The monoisotopic (exact) mass is 165 g/mol. The molecule has 5 heteroatoms. The molecule has 1 amide bonds. The molecule has 0 rings (SSSR count). The van der Waals surface area contributed by atoms with E-state index in [1.807, 2.05) is 0 Å². The molecule has 1 N–H and O–H groups in total. The second-order valence-corrected chi connectivity index (χ2v) is 1.87. The third kappa shape index (κ3) is 7.05. The number of hydrogen-bond acceptors (Lipinski definition) is 3. The number of ether oxygens (including phenoxy) is 2. The summed E-state index contributed by atoms with van der Waals surface area (Å²) in [5.41, 5.74) is 0. The van der Waals surface area contributed by atoms with Crippen molar-refractivity contribution in [2.75, 3.05) is 20.3 Å². The molecule has 0 aliphatic rings. The zero-order chi connectivity index (χ0) is 8.69. The predicted octanol–water partition coefficient (Wildman–Crippen LogP) is 0.675. The minimum atomic E-state index is -1.57. The molecular weight excluding hydrogens is 153 g/mol. The van der Waals surface area contributed by atoms with Crippen LogP contribution in [0.2, 0.25) is 0 Å². The molecule has 0 fully saturated rings. The normalized spacial score (nSPS) is 12.3. The fourth-order valence-electron chi connectivity index (χ4n) is 0.444. The first-order valence-corrected chi connectivity index (χ1v) is 3.24. The van der Waals surface area contributed by atoms with Crippen molar-refractivity contribution in [1.82, 2.24) is 5.32 Å². The first-order valence-electron chi connectivity index (χ1n) is 3.24. The highest BCUT2D eigenvalue weighted by molar-refractivity contribution is 5.67. The lowest BCUT2D eigenvalue weighted by Gasteiger charge is -2.05. The Bertz CT molecular complexity index is 118. The number of carbonyl (C=O) groups excluding carboxylic acids is 1. The number of rotatable bonds is 4. The van der Waals surface area contributed by atoms with E-state index in [1.165, 1.54) is 7.11 Å². The SMILES string of the molecule is COCCNC(=O)OC(C)F. The number of alkyl halides is 1. The van der Waals surface area contributed by atoms with Crippen LogP contribution in [0.3, 0.4) is 0 Å². The molecule has 0 aromatic heterocycles. The maximum Gasteiger partial charge on any atom is 0.409 e. The van der Waals surface area contributed by atoms with E-state index in [-0.39, 0.29) is 0 Å². The van der Waals surface area contributed by atoms with Gasteiger partial charge < -0.3 is 14.8 Å². The van der Waals surface area contributed by atoms with Crippen LogP contribution in [-0.2, 0) is 9.47 Å². The lowest BCUT2D eigenvalue weighted by atomic mass is 10.7. The highest BCUT2D eigenvalue weighted by Crippen LogP contribution is 1.90. The van der Waals surface area contributed by atoms with Gasteiger partial charge in [-0.15, -0.1) is 0 Å². The van der Waals surface area contributed by atoms with Gasteiger partial charge in [-0.05, 0) is 0 Å². The van der Waals surface area contributed by atoms with Gasteiger partial charge in [-0.2, -0.15) is 0 Å². The minimum Gasteiger partial charge on any atom is -0.415 e. The Morgan fingerprint density at radius 3 is 2.82 bits per heavy atom. The topological polar surface area (TPSA) is 47.6 Å². The quantitative estimate of drug-likeness (QED) is 0.623. The number of alkyl carbamates (subject to hydrolysis) is 1. The first kappa shape index (κ1) is 10.2. The maximum atomic E-state index is 11.9. The summed E-state index contributed by atoms with van der Waals surface area (Å²) in [5.74, 6) is 0. The van der Waals surface area contributed by atoms with Crippen molar-refractivity contribution in [2.24, 2.45) is 0 Å². The van der Waals surface area contributed by atoms with E-state index in [4.69, 9.17) is 0 Å². The average Bonchev–Trinajstić information content (AvgIpc) is 1.86. The lowest BCUT2D eigenvalue weighted by Crippen LogP contribution is -2.29. The van der Waals surface area contributed by atoms with Crippen LogP contribution in [-0.4, -0.2) is 32.7 Å². The Morgan fingerprint density at radius 2 is 2.36 bits per heavy atom. The number of halogens is 1. The van der Waals surface area contributed by atoms with Gasteiger partial charge in [-0.1, -0.05) is 0 Å². The Hall–Kier alpha value is -0.840. The maximum absolute atomic E-state index is 11.9. The molecule has 0 aliphatic heterocycles. The molecule has 11 heavy (non-hydrogen) atoms. The molecule has 0 radical (unpaired) electrons. The van der Waals surface area contributed by atoms with Crippen LogP contribution in [0, 0.1) is 0 Å². The van der Waals surface area contributed by atoms with E-state index in [9.17, 15) is 9.18 Å². The largest absolute Gasteiger partial charge is 0.415 e. The third-order valence-electron chi connectivity index (χ3n) is 0.845. The van der Waals surface area contributed by atoms with Crippen molar-refractivity contribution in [3.05, 3.63) is 0 Å². The summed E-state index contributed by atoms with van der Waals surface area (Å²) in [6, 6.07) is 0. The van der Waals surface area contributed by atoms with Gasteiger partial charge in [0.05, 0.1) is 6.61 Å². The van der Waals surface area contributed by atoms with E-state index >= 15 is 0 Å². The molecule has 1 unspecified atom stereocenters. The van der Waals surface area contributed by atoms with E-state index < -0.39 is 12.5 Å². The average molecular weight is 165 g/mol. The summed E-state index contributed by atoms with van der Waals surface area (Å²) in [5, 5.41) is 2.29. The van der Waals surface area contributed by atoms with E-state index in [1.54, 1.807) is 0 Å². The Labute approximate surface area is 64.7 Å². The standard InChI is InChI=1S/C6H12FNO3/c1-5(7)11-6(9)8-3-4-10-2/h5H,3-4H2,1-2H3,(H,8,9). The number of carbonyl (C=O) groups is 1. The van der Waals surface area contributed by atoms with Gasteiger partial charge in [-0.3, -0.25) is 0 Å². The molecule has 0 heterocycles. The second kappa shape index (κ2) is 5.91. The molecule has 66 valence electrons. The van der Waals surface area contributed by atoms with Gasteiger partial charge in [-0.25, -0.2) is 9.18 Å². The highest BCUT2D eigenvalue weighted by Gasteiger charge is 2.04. The molecule has 0 spiro atoms. The Morgan fingerprint density at radius 1 is 1.73 bits per heavy atom. The number of hydrogen-bond donors (Lipinski definition) is 1. The van der Waals surface area contributed by atoms with Crippen LogP contribution in [0.15, 0.2) is 0 Å². The number of methoxy groups -OCH3 is 1. The van der Waals surface area contributed by atoms with Gasteiger partial charge in [0, 0.05) is 20.6 Å². The van der Waals surface area contributed by atoms with Crippen molar-refractivity contribution in [2.45, 2.75) is 13.3 Å². The van der Waals surface area contributed by atoms with Crippen LogP contribution in [0.1, 0.15) is 6.92 Å². The zero-order valence-electron chi connectivity index (χ0n) is 6.59. The third-order valence-corrected chi connectivity index (χ3v) is 0.845. The van der Waals surface area contributed by atoms with E-state index in [2.05, 4.69) is 14.8 Å². The summed E-state index contributed by atoms with van der Waals surface area (Å²) < 4.78 is 20.7. The van der Waals surface area contributed by atoms with Gasteiger partial charge >= 0.3 is 6.09 Å². The van der Waals surface area contributed by atoms with E-state index in [0.717, 1.165) is 6.92 Å². The fourth-order valence-corrected chi connectivity index (χ4v) is 0.444. The van der Waals surface area contributed by atoms with Crippen LogP contribution < -0.4 is 5.32 Å².